The number of aryl methyl sites for hydroxylation is 2. The van der Waals surface area contributed by atoms with Crippen LogP contribution in [0, 0.1) is 6.92 Å². The smallest absolute Gasteiger partial charge is 0.416 e. The van der Waals surface area contributed by atoms with Crippen molar-refractivity contribution in [3.63, 3.8) is 0 Å². The number of nitrogens with zero attached hydrogens (tertiary/aromatic N) is 1. The summed E-state index contributed by atoms with van der Waals surface area (Å²) in [6, 6.07) is 11.5. The average Bonchev–Trinajstić information content (AvgIpc) is 3.28. The van der Waals surface area contributed by atoms with Crippen LogP contribution in [0.3, 0.4) is 0 Å². The second kappa shape index (κ2) is 7.94. The molecule has 160 valence electrons. The van der Waals surface area contributed by atoms with Gasteiger partial charge in [0.15, 0.2) is 5.76 Å². The zero-order valence-electron chi connectivity index (χ0n) is 16.6. The summed E-state index contributed by atoms with van der Waals surface area (Å²) in [5, 5.41) is 2.73. The van der Waals surface area contributed by atoms with Crippen LogP contribution < -0.4 is 10.2 Å². The number of furan rings is 1. The van der Waals surface area contributed by atoms with E-state index >= 15 is 0 Å². The highest BCUT2D eigenvalue weighted by Gasteiger charge is 2.33. The van der Waals surface area contributed by atoms with Crippen molar-refractivity contribution in [2.75, 3.05) is 16.8 Å². The fourth-order valence-corrected chi connectivity index (χ4v) is 3.62. The van der Waals surface area contributed by atoms with Crippen LogP contribution in [-0.2, 0) is 12.6 Å². The van der Waals surface area contributed by atoms with Crippen molar-refractivity contribution >= 4 is 23.2 Å². The Morgan fingerprint density at radius 3 is 2.61 bits per heavy atom. The highest BCUT2D eigenvalue weighted by Crippen LogP contribution is 2.36. The number of hydrogen-bond acceptors (Lipinski definition) is 3. The summed E-state index contributed by atoms with van der Waals surface area (Å²) in [5.74, 6) is -0.642. The van der Waals surface area contributed by atoms with Crippen molar-refractivity contribution in [3.05, 3.63) is 82.8 Å². The molecule has 8 heteroatoms. The number of amides is 2. The monoisotopic (exact) mass is 428 g/mol. The van der Waals surface area contributed by atoms with E-state index in [1.54, 1.807) is 31.2 Å². The van der Waals surface area contributed by atoms with Crippen LogP contribution in [0.5, 0.6) is 0 Å². The summed E-state index contributed by atoms with van der Waals surface area (Å²) in [4.78, 5) is 27.0. The minimum Gasteiger partial charge on any atom is -0.459 e. The van der Waals surface area contributed by atoms with E-state index in [-0.39, 0.29) is 11.7 Å². The Balaban J connectivity index is 1.61. The van der Waals surface area contributed by atoms with Crippen molar-refractivity contribution in [2.45, 2.75) is 25.9 Å². The predicted octanol–water partition coefficient (Wildman–Crippen LogP) is 5.45. The molecule has 0 atom stereocenters. The van der Waals surface area contributed by atoms with Crippen molar-refractivity contribution < 1.29 is 27.2 Å². The maximum absolute atomic E-state index is 13.2. The summed E-state index contributed by atoms with van der Waals surface area (Å²) in [6.45, 7) is 2.19. The molecule has 2 aromatic carbocycles. The van der Waals surface area contributed by atoms with Gasteiger partial charge in [-0.25, -0.2) is 0 Å². The maximum Gasteiger partial charge on any atom is 0.416 e. The Hall–Kier alpha value is -3.55. The van der Waals surface area contributed by atoms with Gasteiger partial charge >= 0.3 is 6.18 Å². The highest BCUT2D eigenvalue weighted by molar-refractivity contribution is 6.08. The number of halogens is 3. The number of carbonyl (C=O) groups is 2. The second-order valence-corrected chi connectivity index (χ2v) is 7.36. The van der Waals surface area contributed by atoms with E-state index in [9.17, 15) is 22.8 Å². The molecule has 1 aliphatic heterocycles. The third-order valence-electron chi connectivity index (χ3n) is 5.25. The standard InChI is InChI=1S/C23H19F3N2O3/c1-14-6-7-16(13-18(14)27-21(29)20-5-3-11-31-20)22(30)28-10-2-4-15-12-17(23(24,25)26)8-9-19(15)28/h3,5-9,11-13H,2,4,10H2,1H3,(H,27,29). The lowest BCUT2D eigenvalue weighted by molar-refractivity contribution is -0.137. The molecular formula is C23H19F3N2O3. The third kappa shape index (κ3) is 4.19. The molecule has 2 amide bonds. The van der Waals surface area contributed by atoms with Crippen LogP contribution >= 0.6 is 0 Å². The lowest BCUT2D eigenvalue weighted by atomic mass is 9.98. The molecule has 4 rings (SSSR count). The molecular weight excluding hydrogens is 409 g/mol. The molecule has 0 aliphatic carbocycles. The van der Waals surface area contributed by atoms with Gasteiger partial charge < -0.3 is 14.6 Å². The molecule has 1 aromatic heterocycles. The Morgan fingerprint density at radius 1 is 1.10 bits per heavy atom. The molecule has 0 saturated heterocycles. The maximum atomic E-state index is 13.2. The minimum absolute atomic E-state index is 0.140. The first-order valence-electron chi connectivity index (χ1n) is 9.71. The van der Waals surface area contributed by atoms with E-state index in [0.29, 0.717) is 41.9 Å². The minimum atomic E-state index is -4.43. The molecule has 0 fully saturated rings. The van der Waals surface area contributed by atoms with E-state index < -0.39 is 17.6 Å². The fourth-order valence-electron chi connectivity index (χ4n) is 3.62. The number of alkyl halides is 3. The number of carbonyl (C=O) groups excluding carboxylic acids is 2. The zero-order valence-corrected chi connectivity index (χ0v) is 16.6. The number of fused-ring (bicyclic) bond motifs is 1. The van der Waals surface area contributed by atoms with Crippen molar-refractivity contribution in [2.24, 2.45) is 0 Å². The van der Waals surface area contributed by atoms with Crippen molar-refractivity contribution in [1.82, 2.24) is 0 Å². The number of anilines is 2. The van der Waals surface area contributed by atoms with E-state index in [1.807, 2.05) is 0 Å². The average molecular weight is 428 g/mol. The molecule has 31 heavy (non-hydrogen) atoms. The SMILES string of the molecule is Cc1ccc(C(=O)N2CCCc3cc(C(F)(F)F)ccc32)cc1NC(=O)c1ccco1. The first-order chi connectivity index (χ1) is 14.7. The van der Waals surface area contributed by atoms with Gasteiger partial charge in [0.1, 0.15) is 0 Å². The number of benzene rings is 2. The summed E-state index contributed by atoms with van der Waals surface area (Å²) >= 11 is 0. The first-order valence-corrected chi connectivity index (χ1v) is 9.71. The quantitative estimate of drug-likeness (QED) is 0.603. The summed E-state index contributed by atoms with van der Waals surface area (Å²) in [5.41, 5.74) is 1.79. The van der Waals surface area contributed by atoms with Crippen LogP contribution in [0.15, 0.2) is 59.2 Å². The number of hydrogen-bond donors (Lipinski definition) is 1. The van der Waals surface area contributed by atoms with Gasteiger partial charge in [-0.2, -0.15) is 13.2 Å². The largest absolute Gasteiger partial charge is 0.459 e. The van der Waals surface area contributed by atoms with Gasteiger partial charge in [0.05, 0.1) is 11.8 Å². The fraction of sp³-hybridized carbons (Fsp3) is 0.217. The van der Waals surface area contributed by atoms with Gasteiger partial charge in [0.25, 0.3) is 11.8 Å². The lowest BCUT2D eigenvalue weighted by Gasteiger charge is -2.30. The second-order valence-electron chi connectivity index (χ2n) is 7.36. The molecule has 5 nitrogen and oxygen atoms in total. The van der Waals surface area contributed by atoms with E-state index in [2.05, 4.69) is 5.32 Å². The molecule has 0 radical (unpaired) electrons. The number of nitrogens with one attached hydrogen (secondary N) is 1. The van der Waals surface area contributed by atoms with Gasteiger partial charge in [-0.1, -0.05) is 6.07 Å². The van der Waals surface area contributed by atoms with Gasteiger partial charge in [-0.15, -0.1) is 0 Å². The van der Waals surface area contributed by atoms with Gasteiger partial charge in [-0.3, -0.25) is 9.59 Å². The van der Waals surface area contributed by atoms with Gasteiger partial charge in [-0.05, 0) is 73.4 Å². The van der Waals surface area contributed by atoms with Crippen LogP contribution in [0.1, 0.15) is 44.0 Å². The Kier molecular flexibility index (Phi) is 5.31. The molecule has 0 saturated carbocycles. The Bertz CT molecular complexity index is 1140. The normalized spacial score (nSPS) is 13.6. The first kappa shape index (κ1) is 20.7. The van der Waals surface area contributed by atoms with E-state index in [1.165, 1.54) is 23.3 Å². The van der Waals surface area contributed by atoms with Crippen molar-refractivity contribution in [1.29, 1.82) is 0 Å². The molecule has 2 heterocycles. The van der Waals surface area contributed by atoms with Crippen LogP contribution in [0.2, 0.25) is 0 Å². The van der Waals surface area contributed by atoms with E-state index in [4.69, 9.17) is 4.42 Å². The summed E-state index contributed by atoms with van der Waals surface area (Å²) in [7, 11) is 0. The zero-order chi connectivity index (χ0) is 22.2. The topological polar surface area (TPSA) is 62.6 Å². The van der Waals surface area contributed by atoms with Gasteiger partial charge in [0.2, 0.25) is 0 Å². The highest BCUT2D eigenvalue weighted by atomic mass is 19.4. The lowest BCUT2D eigenvalue weighted by Crippen LogP contribution is -2.35. The number of rotatable bonds is 3. The molecule has 1 N–H and O–H groups in total. The predicted molar refractivity (Wildman–Crippen MR) is 109 cm³/mol. The van der Waals surface area contributed by atoms with E-state index in [0.717, 1.165) is 17.7 Å². The van der Waals surface area contributed by atoms with Gasteiger partial charge in [0, 0.05) is 23.5 Å². The Morgan fingerprint density at radius 2 is 1.90 bits per heavy atom. The molecule has 0 spiro atoms. The molecule has 0 bridgehead atoms. The summed E-state index contributed by atoms with van der Waals surface area (Å²) in [6.07, 6.45) is -2.01. The molecule has 0 unspecified atom stereocenters. The molecule has 1 aliphatic rings. The third-order valence-corrected chi connectivity index (χ3v) is 5.25. The van der Waals surface area contributed by atoms with Crippen LogP contribution in [-0.4, -0.2) is 18.4 Å². The van der Waals surface area contributed by atoms with Crippen LogP contribution in [0.25, 0.3) is 0 Å². The molecule has 3 aromatic rings. The van der Waals surface area contributed by atoms with Crippen molar-refractivity contribution in [3.8, 4) is 0 Å². The Labute approximate surface area is 176 Å². The summed E-state index contributed by atoms with van der Waals surface area (Å²) < 4.78 is 44.2. The van der Waals surface area contributed by atoms with Crippen LogP contribution in [0.4, 0.5) is 24.5 Å².